The molecule has 1 rings (SSSR count). The highest BCUT2D eigenvalue weighted by Crippen LogP contribution is 2.54. The van der Waals surface area contributed by atoms with Crippen molar-refractivity contribution in [3.63, 3.8) is 0 Å². The highest BCUT2D eigenvalue weighted by atomic mass is 19.4. The second-order valence-electron chi connectivity index (χ2n) is 5.05. The van der Waals surface area contributed by atoms with E-state index in [0.717, 1.165) is 6.92 Å². The largest absolute Gasteiger partial charge is 0.394 e. The van der Waals surface area contributed by atoms with Crippen LogP contribution in [0.5, 0.6) is 0 Å². The fourth-order valence-corrected chi connectivity index (χ4v) is 2.53. The van der Waals surface area contributed by atoms with Gasteiger partial charge in [0, 0.05) is 0 Å². The van der Waals surface area contributed by atoms with Crippen LogP contribution in [0.1, 0.15) is 33.1 Å². The second kappa shape index (κ2) is 3.81. The van der Waals surface area contributed by atoms with E-state index < -0.39 is 36.0 Å². The molecule has 6 heteroatoms. The minimum Gasteiger partial charge on any atom is -0.171 e. The van der Waals surface area contributed by atoms with Crippen LogP contribution in [0, 0.1) is 17.3 Å². The van der Waals surface area contributed by atoms with Gasteiger partial charge in [-0.1, -0.05) is 13.8 Å². The van der Waals surface area contributed by atoms with Gasteiger partial charge in [-0.05, 0) is 25.2 Å². The molecule has 0 spiro atoms. The molecule has 0 aliphatic heterocycles. The molecule has 0 saturated heterocycles. The van der Waals surface area contributed by atoms with Crippen LogP contribution in [0.2, 0.25) is 0 Å². The Bertz CT molecular complexity index is 253. The molecule has 0 bridgehead atoms. The third kappa shape index (κ3) is 2.63. The fourth-order valence-electron chi connectivity index (χ4n) is 2.53. The number of rotatable bonds is 0. The van der Waals surface area contributed by atoms with Crippen LogP contribution in [0.25, 0.3) is 0 Å². The molecule has 0 amide bonds. The average Bonchev–Trinajstić information content (AvgIpc) is 1.98. The molecule has 1 aliphatic carbocycles. The van der Waals surface area contributed by atoms with E-state index in [0.29, 0.717) is 0 Å². The summed E-state index contributed by atoms with van der Waals surface area (Å²) in [6.07, 6.45) is -10.4. The molecule has 0 aromatic heterocycles. The Morgan fingerprint density at radius 2 is 1.50 bits per heavy atom. The highest BCUT2D eigenvalue weighted by Gasteiger charge is 2.58. The third-order valence-electron chi connectivity index (χ3n) is 3.33. The Balaban J connectivity index is 2.92. The fraction of sp³-hybridized carbons (Fsp3) is 1.00. The van der Waals surface area contributed by atoms with Gasteiger partial charge in [0.25, 0.3) is 0 Å². The quantitative estimate of drug-likeness (QED) is 0.551. The van der Waals surface area contributed by atoms with Gasteiger partial charge in [0.05, 0.1) is 11.3 Å². The van der Waals surface area contributed by atoms with Gasteiger partial charge in [0.15, 0.2) is 0 Å². The number of hydrogen-bond acceptors (Lipinski definition) is 0. The van der Waals surface area contributed by atoms with E-state index in [1.54, 1.807) is 0 Å². The molecular formula is C10H14F6. The summed E-state index contributed by atoms with van der Waals surface area (Å²) >= 11 is 0. The standard InChI is InChI=1S/C10H14F6/c1-6-3-7(9(11,12)13)5-8(2,4-6)10(14,15)16/h6-7H,3-5H2,1-2H3. The first-order chi connectivity index (χ1) is 6.96. The molecule has 96 valence electrons. The minimum absolute atomic E-state index is 0.199. The normalized spacial score (nSPS) is 37.5. The monoisotopic (exact) mass is 248 g/mol. The number of halogens is 6. The molecule has 1 aliphatic rings. The first-order valence-electron chi connectivity index (χ1n) is 5.09. The van der Waals surface area contributed by atoms with E-state index in [2.05, 4.69) is 0 Å². The van der Waals surface area contributed by atoms with Crippen LogP contribution in [0.15, 0.2) is 0 Å². The van der Waals surface area contributed by atoms with Crippen molar-refractivity contribution in [3.05, 3.63) is 0 Å². The van der Waals surface area contributed by atoms with Crippen LogP contribution < -0.4 is 0 Å². The van der Waals surface area contributed by atoms with Crippen molar-refractivity contribution in [3.8, 4) is 0 Å². The summed E-state index contributed by atoms with van der Waals surface area (Å²) in [4.78, 5) is 0. The molecule has 0 radical (unpaired) electrons. The van der Waals surface area contributed by atoms with Gasteiger partial charge in [-0.25, -0.2) is 0 Å². The van der Waals surface area contributed by atoms with E-state index in [4.69, 9.17) is 0 Å². The van der Waals surface area contributed by atoms with Crippen molar-refractivity contribution in [2.24, 2.45) is 17.3 Å². The summed E-state index contributed by atoms with van der Waals surface area (Å²) in [6, 6.07) is 0. The maximum absolute atomic E-state index is 12.7. The SMILES string of the molecule is CC1CC(C(F)(F)F)CC(C)(C(F)(F)F)C1. The van der Waals surface area contributed by atoms with Crippen molar-refractivity contribution in [2.75, 3.05) is 0 Å². The van der Waals surface area contributed by atoms with Crippen LogP contribution in [-0.4, -0.2) is 12.4 Å². The van der Waals surface area contributed by atoms with E-state index in [1.165, 1.54) is 6.92 Å². The van der Waals surface area contributed by atoms with Crippen molar-refractivity contribution in [2.45, 2.75) is 45.5 Å². The lowest BCUT2D eigenvalue weighted by Crippen LogP contribution is -2.45. The van der Waals surface area contributed by atoms with Crippen molar-refractivity contribution in [1.82, 2.24) is 0 Å². The molecule has 0 aromatic rings. The molecule has 0 aromatic carbocycles. The van der Waals surface area contributed by atoms with Gasteiger partial charge in [-0.3, -0.25) is 0 Å². The van der Waals surface area contributed by atoms with Gasteiger partial charge in [0.1, 0.15) is 0 Å². The van der Waals surface area contributed by atoms with Gasteiger partial charge in [-0.15, -0.1) is 0 Å². The molecule has 3 unspecified atom stereocenters. The summed E-state index contributed by atoms with van der Waals surface area (Å²) in [6.45, 7) is 2.34. The summed E-state index contributed by atoms with van der Waals surface area (Å²) in [5, 5.41) is 0. The molecule has 0 N–H and O–H groups in total. The van der Waals surface area contributed by atoms with E-state index >= 15 is 0 Å². The second-order valence-corrected chi connectivity index (χ2v) is 5.05. The van der Waals surface area contributed by atoms with Crippen molar-refractivity contribution < 1.29 is 26.3 Å². The highest BCUT2D eigenvalue weighted by molar-refractivity contribution is 4.92. The summed E-state index contributed by atoms with van der Waals surface area (Å²) in [5.41, 5.74) is -2.20. The van der Waals surface area contributed by atoms with Crippen LogP contribution in [0.3, 0.4) is 0 Å². The van der Waals surface area contributed by atoms with Crippen molar-refractivity contribution >= 4 is 0 Å². The molecule has 0 nitrogen and oxygen atoms in total. The number of alkyl halides is 6. The lowest BCUT2D eigenvalue weighted by molar-refractivity contribution is -0.262. The molecule has 3 atom stereocenters. The van der Waals surface area contributed by atoms with E-state index in [-0.39, 0.29) is 12.8 Å². The zero-order chi connectivity index (χ0) is 12.8. The Hall–Kier alpha value is -0.420. The maximum atomic E-state index is 12.7. The Kier molecular flexibility index (Phi) is 3.25. The zero-order valence-corrected chi connectivity index (χ0v) is 9.04. The Morgan fingerprint density at radius 3 is 1.88 bits per heavy atom. The van der Waals surface area contributed by atoms with E-state index in [1.807, 2.05) is 0 Å². The summed E-state index contributed by atoms with van der Waals surface area (Å²) in [5.74, 6) is -2.38. The smallest absolute Gasteiger partial charge is 0.171 e. The van der Waals surface area contributed by atoms with Crippen molar-refractivity contribution in [1.29, 1.82) is 0 Å². The summed E-state index contributed by atoms with van der Waals surface area (Å²) < 4.78 is 75.5. The molecule has 0 heterocycles. The predicted octanol–water partition coefficient (Wildman–Crippen LogP) is 4.55. The van der Waals surface area contributed by atoms with Gasteiger partial charge in [0.2, 0.25) is 0 Å². The van der Waals surface area contributed by atoms with E-state index in [9.17, 15) is 26.3 Å². The summed E-state index contributed by atoms with van der Waals surface area (Å²) in [7, 11) is 0. The molecule has 1 saturated carbocycles. The first kappa shape index (κ1) is 13.6. The number of hydrogen-bond donors (Lipinski definition) is 0. The van der Waals surface area contributed by atoms with Gasteiger partial charge >= 0.3 is 12.4 Å². The molecular weight excluding hydrogens is 234 g/mol. The Morgan fingerprint density at radius 1 is 1.00 bits per heavy atom. The maximum Gasteiger partial charge on any atom is 0.394 e. The van der Waals surface area contributed by atoms with Crippen LogP contribution >= 0.6 is 0 Å². The lowest BCUT2D eigenvalue weighted by Gasteiger charge is -2.42. The van der Waals surface area contributed by atoms with Gasteiger partial charge < -0.3 is 0 Å². The lowest BCUT2D eigenvalue weighted by atomic mass is 9.66. The topological polar surface area (TPSA) is 0 Å². The van der Waals surface area contributed by atoms with Crippen LogP contribution in [-0.2, 0) is 0 Å². The average molecular weight is 248 g/mol. The molecule has 1 fully saturated rings. The molecule has 16 heavy (non-hydrogen) atoms. The van der Waals surface area contributed by atoms with Gasteiger partial charge in [-0.2, -0.15) is 26.3 Å². The Labute approximate surface area is 90.0 Å². The zero-order valence-electron chi connectivity index (χ0n) is 9.04. The predicted molar refractivity (Wildman–Crippen MR) is 46.7 cm³/mol. The first-order valence-corrected chi connectivity index (χ1v) is 5.09. The third-order valence-corrected chi connectivity index (χ3v) is 3.33. The minimum atomic E-state index is -4.56. The van der Waals surface area contributed by atoms with Crippen LogP contribution in [0.4, 0.5) is 26.3 Å².